The molecule has 0 spiro atoms. The smallest absolute Gasteiger partial charge is 0.494 e. The van der Waals surface area contributed by atoms with Gasteiger partial charge in [0.2, 0.25) is 5.90 Å². The molecule has 2 heterocycles. The van der Waals surface area contributed by atoms with Crippen LogP contribution in [0.1, 0.15) is 34.2 Å². The summed E-state index contributed by atoms with van der Waals surface area (Å²) in [6.07, 6.45) is 2.34. The Morgan fingerprint density at radius 1 is 1.31 bits per heavy atom. The molecule has 0 radical (unpaired) electrons. The number of alkyl halides is 3. The maximum atomic E-state index is 12.4. The molecule has 1 aromatic rings. The number of aromatic amines is 1. The Bertz CT molecular complexity index is 953. The molecular formula is C15H15F3N2O5S. The van der Waals surface area contributed by atoms with Gasteiger partial charge in [-0.15, -0.1) is 0 Å². The van der Waals surface area contributed by atoms with Gasteiger partial charge < -0.3 is 13.9 Å². The monoisotopic (exact) mass is 392 g/mol. The molecule has 1 aliphatic rings. The second-order valence-corrected chi connectivity index (χ2v) is 6.93. The number of nitrogens with one attached hydrogen (secondary N) is 1. The van der Waals surface area contributed by atoms with Crippen LogP contribution in [-0.4, -0.2) is 37.7 Å². The van der Waals surface area contributed by atoms with Gasteiger partial charge in [-0.05, 0) is 32.4 Å². The van der Waals surface area contributed by atoms with E-state index >= 15 is 0 Å². The van der Waals surface area contributed by atoms with Gasteiger partial charge in [0.15, 0.2) is 5.78 Å². The molecule has 2 rings (SSSR count). The third-order valence-electron chi connectivity index (χ3n) is 3.55. The maximum absolute atomic E-state index is 12.4. The number of ether oxygens (including phenoxy) is 1. The summed E-state index contributed by atoms with van der Waals surface area (Å²) in [6.45, 7) is 4.79. The Hall–Kier alpha value is -2.56. The number of aliphatic imine (C=N–C) groups is 1. The number of Topliss-reactive ketones (excluding diaryl/α,β-unsaturated/α-hetero) is 1. The van der Waals surface area contributed by atoms with Crippen molar-refractivity contribution in [1.29, 1.82) is 0 Å². The average molecular weight is 392 g/mol. The van der Waals surface area contributed by atoms with Gasteiger partial charge in [-0.2, -0.15) is 21.6 Å². The lowest BCUT2D eigenvalue weighted by Gasteiger charge is -2.07. The van der Waals surface area contributed by atoms with Crippen LogP contribution in [0.15, 0.2) is 22.5 Å². The van der Waals surface area contributed by atoms with Crippen molar-refractivity contribution in [2.75, 3.05) is 7.11 Å². The van der Waals surface area contributed by atoms with E-state index in [9.17, 15) is 26.4 Å². The fourth-order valence-electron chi connectivity index (χ4n) is 2.44. The molecule has 0 aliphatic carbocycles. The first-order chi connectivity index (χ1) is 11.9. The Morgan fingerprint density at radius 3 is 2.38 bits per heavy atom. The second-order valence-electron chi connectivity index (χ2n) is 5.40. The lowest BCUT2D eigenvalue weighted by Crippen LogP contribution is -2.27. The van der Waals surface area contributed by atoms with Crippen LogP contribution in [-0.2, 0) is 19.0 Å². The van der Waals surface area contributed by atoms with Gasteiger partial charge in [0, 0.05) is 23.0 Å². The van der Waals surface area contributed by atoms with E-state index in [0.717, 1.165) is 6.08 Å². The number of H-pyrrole nitrogens is 1. The number of rotatable bonds is 4. The molecule has 0 bridgehead atoms. The first kappa shape index (κ1) is 19.8. The molecule has 142 valence electrons. The SMILES string of the molecule is COC1=CC(OS(=O)(=O)C(F)(F)F)=N/C1=C\c1[nH]c(C)c(C(C)=O)c1C. The van der Waals surface area contributed by atoms with Crippen molar-refractivity contribution in [1.82, 2.24) is 4.98 Å². The predicted molar refractivity (Wildman–Crippen MR) is 86.8 cm³/mol. The van der Waals surface area contributed by atoms with Gasteiger partial charge >= 0.3 is 15.6 Å². The van der Waals surface area contributed by atoms with E-state index in [1.54, 1.807) is 13.8 Å². The molecule has 11 heteroatoms. The van der Waals surface area contributed by atoms with Gasteiger partial charge in [-0.1, -0.05) is 0 Å². The van der Waals surface area contributed by atoms with Crippen molar-refractivity contribution in [2.45, 2.75) is 26.3 Å². The van der Waals surface area contributed by atoms with Crippen LogP contribution >= 0.6 is 0 Å². The summed E-state index contributed by atoms with van der Waals surface area (Å²) >= 11 is 0. The normalized spacial score (nSPS) is 16.5. The number of carbonyl (C=O) groups is 1. The third kappa shape index (κ3) is 3.66. The Labute approximate surface area is 147 Å². The molecule has 0 unspecified atom stereocenters. The van der Waals surface area contributed by atoms with Crippen LogP contribution in [0.2, 0.25) is 0 Å². The number of halogens is 3. The number of methoxy groups -OCH3 is 1. The number of hydrogen-bond donors (Lipinski definition) is 1. The average Bonchev–Trinajstić information content (AvgIpc) is 2.98. The summed E-state index contributed by atoms with van der Waals surface area (Å²) in [4.78, 5) is 18.3. The summed E-state index contributed by atoms with van der Waals surface area (Å²) in [5.74, 6) is -0.926. The van der Waals surface area contributed by atoms with Gasteiger partial charge in [0.05, 0.1) is 7.11 Å². The zero-order valence-corrected chi connectivity index (χ0v) is 15.0. The van der Waals surface area contributed by atoms with Crippen molar-refractivity contribution in [3.63, 3.8) is 0 Å². The molecule has 1 N–H and O–H groups in total. The van der Waals surface area contributed by atoms with Crippen molar-refractivity contribution >= 4 is 27.9 Å². The summed E-state index contributed by atoms with van der Waals surface area (Å²) in [6, 6.07) is 0. The lowest BCUT2D eigenvalue weighted by atomic mass is 10.1. The molecule has 0 aromatic carbocycles. The number of hydrogen-bond acceptors (Lipinski definition) is 6. The molecule has 0 saturated carbocycles. The van der Waals surface area contributed by atoms with E-state index in [1.807, 2.05) is 0 Å². The number of aryl methyl sites for hydroxylation is 1. The first-order valence-electron chi connectivity index (χ1n) is 7.14. The van der Waals surface area contributed by atoms with Crippen molar-refractivity contribution in [3.8, 4) is 0 Å². The highest BCUT2D eigenvalue weighted by atomic mass is 32.2. The van der Waals surface area contributed by atoms with Crippen LogP contribution in [0.5, 0.6) is 0 Å². The van der Waals surface area contributed by atoms with E-state index < -0.39 is 21.5 Å². The molecule has 26 heavy (non-hydrogen) atoms. The third-order valence-corrected chi connectivity index (χ3v) is 4.50. The molecule has 1 aliphatic heterocycles. The Morgan fingerprint density at radius 2 is 1.92 bits per heavy atom. The maximum Gasteiger partial charge on any atom is 0.534 e. The minimum absolute atomic E-state index is 0.00778. The van der Waals surface area contributed by atoms with Crippen LogP contribution < -0.4 is 0 Å². The number of aromatic nitrogens is 1. The molecule has 7 nitrogen and oxygen atoms in total. The molecular weight excluding hydrogens is 377 g/mol. The van der Waals surface area contributed by atoms with E-state index in [2.05, 4.69) is 14.2 Å². The molecule has 0 saturated heterocycles. The Balaban J connectivity index is 2.43. The molecule has 1 aromatic heterocycles. The topological polar surface area (TPSA) is 97.8 Å². The minimum atomic E-state index is -5.84. The van der Waals surface area contributed by atoms with E-state index in [1.165, 1.54) is 20.1 Å². The van der Waals surface area contributed by atoms with Crippen LogP contribution in [0, 0.1) is 13.8 Å². The largest absolute Gasteiger partial charge is 0.534 e. The van der Waals surface area contributed by atoms with E-state index in [-0.39, 0.29) is 17.2 Å². The fourth-order valence-corrected chi connectivity index (χ4v) is 2.85. The minimum Gasteiger partial charge on any atom is -0.494 e. The van der Waals surface area contributed by atoms with Crippen molar-refractivity contribution in [2.24, 2.45) is 4.99 Å². The van der Waals surface area contributed by atoms with Gasteiger partial charge in [0.25, 0.3) is 0 Å². The first-order valence-corrected chi connectivity index (χ1v) is 8.55. The summed E-state index contributed by atoms with van der Waals surface area (Å²) in [5, 5.41) is 0. The van der Waals surface area contributed by atoms with Gasteiger partial charge in [-0.25, -0.2) is 4.99 Å². The quantitative estimate of drug-likeness (QED) is 0.483. The molecule has 0 fully saturated rings. The zero-order chi connectivity index (χ0) is 19.9. The van der Waals surface area contributed by atoms with Crippen LogP contribution in [0.3, 0.4) is 0 Å². The lowest BCUT2D eigenvalue weighted by molar-refractivity contribution is -0.0504. The second kappa shape index (κ2) is 6.63. The highest BCUT2D eigenvalue weighted by Gasteiger charge is 2.49. The highest BCUT2D eigenvalue weighted by Crippen LogP contribution is 2.29. The van der Waals surface area contributed by atoms with Gasteiger partial charge in [-0.3, -0.25) is 4.79 Å². The number of ketones is 1. The Kier molecular flexibility index (Phi) is 5.04. The van der Waals surface area contributed by atoms with Crippen molar-refractivity contribution < 1.29 is 35.3 Å². The summed E-state index contributed by atoms with van der Waals surface area (Å²) in [5.41, 5.74) is -3.34. The van der Waals surface area contributed by atoms with Crippen LogP contribution in [0.4, 0.5) is 13.2 Å². The zero-order valence-electron chi connectivity index (χ0n) is 14.2. The standard InChI is InChI=1S/C15H15F3N2O5S/c1-7-10(19-8(2)14(7)9(3)21)5-11-12(24-4)6-13(20-11)25-26(22,23)15(16,17)18/h5-6,19H,1-4H3/b11-5-. The molecule has 0 amide bonds. The summed E-state index contributed by atoms with van der Waals surface area (Å²) < 4.78 is 68.4. The van der Waals surface area contributed by atoms with Crippen LogP contribution in [0.25, 0.3) is 6.08 Å². The fraction of sp³-hybridized carbons (Fsp3) is 0.333. The van der Waals surface area contributed by atoms with E-state index in [4.69, 9.17) is 4.74 Å². The molecule has 0 atom stereocenters. The van der Waals surface area contributed by atoms with Gasteiger partial charge in [0.1, 0.15) is 11.5 Å². The predicted octanol–water partition coefficient (Wildman–Crippen LogP) is 2.98. The number of nitrogens with zero attached hydrogens (tertiary/aromatic N) is 1. The van der Waals surface area contributed by atoms with Crippen molar-refractivity contribution in [3.05, 3.63) is 40.0 Å². The highest BCUT2D eigenvalue weighted by molar-refractivity contribution is 7.88. The summed E-state index contributed by atoms with van der Waals surface area (Å²) in [7, 11) is -4.60. The number of carbonyl (C=O) groups excluding carboxylic acids is 1. The van der Waals surface area contributed by atoms with E-state index in [0.29, 0.717) is 22.5 Å².